The van der Waals surface area contributed by atoms with E-state index >= 15 is 0 Å². The van der Waals surface area contributed by atoms with E-state index in [0.29, 0.717) is 101 Å². The highest BCUT2D eigenvalue weighted by Crippen LogP contribution is 2.39. The minimum Gasteiger partial charge on any atom is -0.489 e. The molecule has 1 saturated heterocycles. The number of rotatable bonds is 22. The third-order valence-corrected chi connectivity index (χ3v) is 28.5. The third-order valence-electron chi connectivity index (χ3n) is 24.7. The second-order valence-electron chi connectivity index (χ2n) is 37.8. The molecule has 0 spiro atoms. The molecule has 0 N–H and O–H groups in total. The van der Waals surface area contributed by atoms with Crippen LogP contribution in [0, 0.1) is 32.6 Å². The molecule has 5 aromatic carbocycles. The van der Waals surface area contributed by atoms with Crippen LogP contribution in [0.25, 0.3) is 100 Å². The van der Waals surface area contributed by atoms with Crippen LogP contribution in [0.3, 0.4) is 0 Å². The van der Waals surface area contributed by atoms with Crippen LogP contribution in [-0.2, 0) is 31.2 Å². The zero-order valence-electron chi connectivity index (χ0n) is 85.1. The molecule has 24 heteroatoms. The minimum absolute atomic E-state index is 0.288. The van der Waals surface area contributed by atoms with Gasteiger partial charge in [0, 0.05) is 142 Å². The number of sulfonamides is 1. The van der Waals surface area contributed by atoms with E-state index < -0.39 is 25.8 Å². The Bertz CT molecular complexity index is 7110. The van der Waals surface area contributed by atoms with Gasteiger partial charge >= 0.3 is 0 Å². The van der Waals surface area contributed by atoms with Crippen molar-refractivity contribution in [3.8, 4) is 83.8 Å². The first kappa shape index (κ1) is 106. The summed E-state index contributed by atoms with van der Waals surface area (Å²) in [6.07, 6.45) is 25.1. The summed E-state index contributed by atoms with van der Waals surface area (Å²) in [7, 11) is -6.65. The van der Waals surface area contributed by atoms with Crippen LogP contribution in [0.5, 0.6) is 5.75 Å². The van der Waals surface area contributed by atoms with Gasteiger partial charge in [-0.2, -0.15) is 8.70 Å². The van der Waals surface area contributed by atoms with Crippen LogP contribution >= 0.6 is 0 Å². The smallest absolute Gasteiger partial charge is 0.243 e. The fraction of sp³-hybridized carbons (Fsp3) is 0.303. The fourth-order valence-corrected chi connectivity index (χ4v) is 20.5. The molecule has 738 valence electrons. The first-order valence-electron chi connectivity index (χ1n) is 49.3. The summed E-state index contributed by atoms with van der Waals surface area (Å²) in [5, 5.41) is 5.16. The molecule has 1 aliphatic heterocycles. The van der Waals surface area contributed by atoms with E-state index in [9.17, 15) is 21.2 Å². The number of nitrogens with zero attached hydrogens (tertiary/aromatic N) is 14. The van der Waals surface area contributed by atoms with Gasteiger partial charge in [0.15, 0.2) is 15.5 Å². The van der Waals surface area contributed by atoms with E-state index in [0.717, 1.165) is 155 Å². The van der Waals surface area contributed by atoms with Gasteiger partial charge in [0.1, 0.15) is 23.6 Å². The van der Waals surface area contributed by atoms with Gasteiger partial charge in [-0.15, -0.1) is 0 Å². The van der Waals surface area contributed by atoms with Gasteiger partial charge in [-0.3, -0.25) is 44.9 Å². The summed E-state index contributed by atoms with van der Waals surface area (Å²) in [6, 6.07) is 77.1. The van der Waals surface area contributed by atoms with Crippen molar-refractivity contribution in [1.29, 1.82) is 0 Å². The highest BCUT2D eigenvalue weighted by atomic mass is 32.2. The van der Waals surface area contributed by atoms with Gasteiger partial charge in [-0.1, -0.05) is 243 Å². The molecule has 0 radical (unpaired) electrons. The Balaban J connectivity index is 0.000000141. The van der Waals surface area contributed by atoms with Gasteiger partial charge in [0.05, 0.1) is 85.5 Å². The summed E-state index contributed by atoms with van der Waals surface area (Å²) in [4.78, 5) is 53.3. The lowest BCUT2D eigenvalue weighted by atomic mass is 9.91. The molecule has 0 bridgehead atoms. The second-order valence-corrected chi connectivity index (χ2v) is 41.8. The summed E-state index contributed by atoms with van der Waals surface area (Å²) >= 11 is 0. The summed E-state index contributed by atoms with van der Waals surface area (Å²) in [5.74, 6) is 4.44. The van der Waals surface area contributed by atoms with E-state index in [-0.39, 0.29) is 5.75 Å². The minimum atomic E-state index is -3.45. The number of aryl methyl sites for hydroxylation is 3. The molecule has 0 unspecified atom stereocenters. The maximum atomic E-state index is 13.1. The second kappa shape index (κ2) is 51.1. The Hall–Kier alpha value is -14.0. The average molecular weight is 1950 g/mol. The number of benzene rings is 5. The van der Waals surface area contributed by atoms with Crippen LogP contribution < -0.4 is 4.74 Å². The number of ether oxygens (including phenoxy) is 2. The summed E-state index contributed by atoms with van der Waals surface area (Å²) in [6.45, 7) is 37.8. The lowest BCUT2D eigenvalue weighted by Gasteiger charge is -2.26. The highest BCUT2D eigenvalue weighted by molar-refractivity contribution is 7.91. The van der Waals surface area contributed by atoms with Gasteiger partial charge in [-0.25, -0.2) is 31.8 Å². The summed E-state index contributed by atoms with van der Waals surface area (Å²) < 4.78 is 81.8. The summed E-state index contributed by atoms with van der Waals surface area (Å²) in [5.41, 5.74) is 27.6. The van der Waals surface area contributed by atoms with Crippen molar-refractivity contribution in [3.63, 3.8) is 0 Å². The Labute approximate surface area is 843 Å². The van der Waals surface area contributed by atoms with Crippen LogP contribution in [0.15, 0.2) is 319 Å². The molecule has 21 nitrogen and oxygen atoms in total. The molecule has 1 aliphatic carbocycles. The molecule has 0 amide bonds. The standard InChI is InChI=1S/C21H27NO2S.C21H21NO.C18H22N2O3S.C17H16N2.C15H14N4.C14H15FN2.C13H16N2O/c1-16(2)21-20(9-6-14-22-21)18-10-12-19(13-11-18)25(23,24)15-17-7-4-3-5-8-17;1-16(2)21-20(12-7-13-22-21)18-10-6-11-19(14-18)23-15-17-8-4-3-5-9-17;1-14(2)18-17(4-3-9-19-18)15-5-7-16(8-6-15)24(21,22)20-10-12-23-13-11-20;1-12(2)17-15(6-4-10-19-17)14-8-7-13-5-3-9-18-16(13)11-14;1-10(2)14-11(4-3-7-17-14)12-5-6-13-15(19-12)18-9-8-16-13;1-9(2)13-12(5-4-6-16-13)11-7-10(3)14(15)17-8-11;1-8(2)13-11(6-5-7-14-13)12-9(3)15-16-10(12)4/h6,9-14,16-17H,3-5,7-8,15H2,1-2H3;3-14,16H,15H2,1-2H3;3-9,14H,10-13H2,1-2H3;3-12H,1-2H3;3-10H,1-2H3;4-9H,1-3H3;5-8H,1-4H3. The van der Waals surface area contributed by atoms with Crippen molar-refractivity contribution < 1.29 is 35.2 Å². The molecule has 0 atom stereocenters. The number of fused-ring (bicyclic) bond motifs is 2. The molecule has 1 saturated carbocycles. The SMILES string of the molecule is CC(C)c1ncccc1-c1ccc(S(=O)(=O)CC2CCCCC2)cc1.CC(C)c1ncccc1-c1ccc(S(=O)(=O)N2CCOCC2)cc1.CC(C)c1ncccc1-c1ccc2cccnc2c1.CC(C)c1ncccc1-c1ccc2nccnc2n1.CC(C)c1ncccc1-c1cccc(OCc2ccccc2)c1.Cc1cc(-c2cccnc2C(C)C)cnc1F.Cc1noc(C)c1-c1cccnc1C(C)C. The van der Waals surface area contributed by atoms with E-state index in [2.05, 4.69) is 229 Å². The number of hydrogen-bond donors (Lipinski definition) is 0. The zero-order chi connectivity index (χ0) is 102. The quantitative estimate of drug-likeness (QED) is 0.0570. The molecule has 19 rings (SSSR count). The molecule has 13 heterocycles. The van der Waals surface area contributed by atoms with Gasteiger partial charge < -0.3 is 14.0 Å². The maximum absolute atomic E-state index is 13.1. The maximum Gasteiger partial charge on any atom is 0.243 e. The van der Waals surface area contributed by atoms with Crippen molar-refractivity contribution >= 4 is 41.9 Å². The largest absolute Gasteiger partial charge is 0.489 e. The molecule has 17 aromatic rings. The third kappa shape index (κ3) is 28.5. The van der Waals surface area contributed by atoms with Crippen molar-refractivity contribution in [1.82, 2.24) is 69.3 Å². The average Bonchev–Trinajstić information content (AvgIpc) is 1.58. The number of aromatic nitrogens is 13. The van der Waals surface area contributed by atoms with Crippen LogP contribution in [0.2, 0.25) is 0 Å². The Morgan fingerprint density at radius 1 is 0.385 bits per heavy atom. The number of morpholine rings is 1. The lowest BCUT2D eigenvalue weighted by molar-refractivity contribution is 0.0730. The van der Waals surface area contributed by atoms with Crippen LogP contribution in [0.1, 0.15) is 233 Å². The first-order valence-corrected chi connectivity index (χ1v) is 52.4. The number of sulfone groups is 1. The van der Waals surface area contributed by atoms with Crippen LogP contribution in [0.4, 0.5) is 4.39 Å². The van der Waals surface area contributed by atoms with Crippen molar-refractivity contribution in [3.05, 3.63) is 373 Å². The van der Waals surface area contributed by atoms with Gasteiger partial charge in [0.2, 0.25) is 16.0 Å². The molecule has 143 heavy (non-hydrogen) atoms. The van der Waals surface area contributed by atoms with Crippen molar-refractivity contribution in [2.75, 3.05) is 32.1 Å². The Morgan fingerprint density at radius 3 is 1.31 bits per heavy atom. The van der Waals surface area contributed by atoms with E-state index in [1.54, 1.807) is 62.2 Å². The number of halogens is 1. The topological polar surface area (TPSA) is 271 Å². The zero-order valence-corrected chi connectivity index (χ0v) is 86.7. The number of hydrogen-bond acceptors (Lipinski definition) is 20. The predicted octanol–water partition coefficient (Wildman–Crippen LogP) is 28.4. The van der Waals surface area contributed by atoms with Crippen LogP contribution in [-0.4, -0.2) is 118 Å². The molecule has 2 fully saturated rings. The molecule has 2 aliphatic rings. The predicted molar refractivity (Wildman–Crippen MR) is 574 cm³/mol. The van der Waals surface area contributed by atoms with Gasteiger partial charge in [-0.05, 0) is 224 Å². The normalized spacial score (nSPS) is 12.8. The first-order chi connectivity index (χ1) is 68.9. The van der Waals surface area contributed by atoms with Crippen molar-refractivity contribution in [2.24, 2.45) is 5.92 Å². The number of pyridine rings is 10. The lowest BCUT2D eigenvalue weighted by Crippen LogP contribution is -2.40. The molecular formula is C119H131FN14O7S2. The monoisotopic (exact) mass is 1950 g/mol. The Morgan fingerprint density at radius 2 is 0.818 bits per heavy atom. The van der Waals surface area contributed by atoms with E-state index in [4.69, 9.17) is 14.0 Å². The van der Waals surface area contributed by atoms with Gasteiger partial charge in [0.25, 0.3) is 0 Å². The van der Waals surface area contributed by atoms with E-state index in [1.807, 2.05) is 197 Å². The fourth-order valence-electron chi connectivity index (χ4n) is 17.4. The molecule has 12 aromatic heterocycles. The van der Waals surface area contributed by atoms with E-state index in [1.165, 1.54) is 38.4 Å². The van der Waals surface area contributed by atoms with Crippen molar-refractivity contribution in [2.45, 2.75) is 208 Å². The molecular weight excluding hydrogens is 1820 g/mol. The highest BCUT2D eigenvalue weighted by Gasteiger charge is 2.29. The Kier molecular flexibility index (Phi) is 38.0.